The SMILES string of the molecule is CC(Cl)c1nc(C2CCCOC2)no1. The zero-order chi connectivity index (χ0) is 9.97. The summed E-state index contributed by atoms with van der Waals surface area (Å²) in [6, 6.07) is 0. The van der Waals surface area contributed by atoms with Crippen LogP contribution in [0.1, 0.15) is 42.8 Å². The average molecular weight is 217 g/mol. The van der Waals surface area contributed by atoms with Gasteiger partial charge in [0.2, 0.25) is 5.89 Å². The van der Waals surface area contributed by atoms with E-state index in [1.165, 1.54) is 0 Å². The van der Waals surface area contributed by atoms with Gasteiger partial charge in [-0.15, -0.1) is 11.6 Å². The molecule has 0 N–H and O–H groups in total. The monoisotopic (exact) mass is 216 g/mol. The maximum atomic E-state index is 5.83. The van der Waals surface area contributed by atoms with Gasteiger partial charge in [-0.3, -0.25) is 0 Å². The fourth-order valence-electron chi connectivity index (χ4n) is 1.52. The number of rotatable bonds is 2. The molecule has 1 aliphatic rings. The molecule has 78 valence electrons. The quantitative estimate of drug-likeness (QED) is 0.712. The summed E-state index contributed by atoms with van der Waals surface area (Å²) in [7, 11) is 0. The van der Waals surface area contributed by atoms with Gasteiger partial charge in [0.1, 0.15) is 5.38 Å². The van der Waals surface area contributed by atoms with Crippen LogP contribution in [0.15, 0.2) is 4.52 Å². The van der Waals surface area contributed by atoms with Gasteiger partial charge in [-0.05, 0) is 19.8 Å². The zero-order valence-electron chi connectivity index (χ0n) is 8.07. The molecule has 1 aromatic rings. The summed E-state index contributed by atoms with van der Waals surface area (Å²) < 4.78 is 10.4. The standard InChI is InChI=1S/C9H13ClN2O2/c1-6(10)9-11-8(12-14-9)7-3-2-4-13-5-7/h6-7H,2-5H2,1H3. The molecule has 2 atom stereocenters. The van der Waals surface area contributed by atoms with Gasteiger partial charge in [0.05, 0.1) is 6.61 Å². The lowest BCUT2D eigenvalue weighted by Crippen LogP contribution is -2.16. The summed E-state index contributed by atoms with van der Waals surface area (Å²) >= 11 is 5.83. The van der Waals surface area contributed by atoms with Gasteiger partial charge in [-0.1, -0.05) is 5.16 Å². The van der Waals surface area contributed by atoms with Gasteiger partial charge in [-0.2, -0.15) is 4.98 Å². The Bertz CT molecular complexity index is 295. The van der Waals surface area contributed by atoms with Crippen molar-refractivity contribution in [2.45, 2.75) is 31.1 Å². The van der Waals surface area contributed by atoms with Crippen molar-refractivity contribution < 1.29 is 9.26 Å². The highest BCUT2D eigenvalue weighted by Crippen LogP contribution is 2.25. The van der Waals surface area contributed by atoms with Crippen LogP contribution in [0.5, 0.6) is 0 Å². The lowest BCUT2D eigenvalue weighted by atomic mass is 10.0. The number of aromatic nitrogens is 2. The second kappa shape index (κ2) is 4.28. The Morgan fingerprint density at radius 3 is 3.00 bits per heavy atom. The summed E-state index contributed by atoms with van der Waals surface area (Å²) in [4.78, 5) is 4.24. The van der Waals surface area contributed by atoms with Gasteiger partial charge in [0, 0.05) is 12.5 Å². The maximum absolute atomic E-state index is 5.83. The van der Waals surface area contributed by atoms with Crippen LogP contribution in [0.25, 0.3) is 0 Å². The lowest BCUT2D eigenvalue weighted by Gasteiger charge is -2.18. The topological polar surface area (TPSA) is 48.2 Å². The van der Waals surface area contributed by atoms with Crippen molar-refractivity contribution in [1.29, 1.82) is 0 Å². The lowest BCUT2D eigenvalue weighted by molar-refractivity contribution is 0.0773. The first-order chi connectivity index (χ1) is 6.77. The highest BCUT2D eigenvalue weighted by molar-refractivity contribution is 6.20. The van der Waals surface area contributed by atoms with E-state index in [1.807, 2.05) is 6.92 Å². The van der Waals surface area contributed by atoms with E-state index in [9.17, 15) is 0 Å². The van der Waals surface area contributed by atoms with Crippen LogP contribution in [0, 0.1) is 0 Å². The van der Waals surface area contributed by atoms with E-state index in [1.54, 1.807) is 0 Å². The van der Waals surface area contributed by atoms with Crippen LogP contribution in [0.2, 0.25) is 0 Å². The molecule has 0 aromatic carbocycles. The molecule has 2 rings (SSSR count). The molecule has 0 aliphatic carbocycles. The molecule has 2 heterocycles. The molecule has 4 nitrogen and oxygen atoms in total. The highest BCUT2D eigenvalue weighted by Gasteiger charge is 2.22. The Morgan fingerprint density at radius 1 is 1.57 bits per heavy atom. The molecule has 0 spiro atoms. The predicted octanol–water partition coefficient (Wildman–Crippen LogP) is 2.26. The fourth-order valence-corrected chi connectivity index (χ4v) is 1.61. The maximum Gasteiger partial charge on any atom is 0.244 e. The molecule has 1 saturated heterocycles. The second-order valence-corrected chi connectivity index (χ2v) is 4.18. The van der Waals surface area contributed by atoms with Crippen LogP contribution >= 0.6 is 11.6 Å². The first-order valence-corrected chi connectivity index (χ1v) is 5.26. The van der Waals surface area contributed by atoms with Crippen LogP contribution in [-0.4, -0.2) is 23.4 Å². The molecule has 0 amide bonds. The van der Waals surface area contributed by atoms with Crippen LogP contribution in [-0.2, 0) is 4.74 Å². The van der Waals surface area contributed by atoms with E-state index in [0.717, 1.165) is 25.3 Å². The van der Waals surface area contributed by atoms with Gasteiger partial charge in [0.25, 0.3) is 0 Å². The molecular weight excluding hydrogens is 204 g/mol. The van der Waals surface area contributed by atoms with Crippen molar-refractivity contribution in [2.24, 2.45) is 0 Å². The van der Waals surface area contributed by atoms with Gasteiger partial charge in [0.15, 0.2) is 5.82 Å². The summed E-state index contributed by atoms with van der Waals surface area (Å²) in [5, 5.41) is 3.69. The van der Waals surface area contributed by atoms with Crippen LogP contribution in [0.3, 0.4) is 0 Å². The number of nitrogens with zero attached hydrogens (tertiary/aromatic N) is 2. The first-order valence-electron chi connectivity index (χ1n) is 4.82. The zero-order valence-corrected chi connectivity index (χ0v) is 8.83. The Labute approximate surface area is 87.6 Å². The third-order valence-corrected chi connectivity index (χ3v) is 2.51. The first kappa shape index (κ1) is 9.93. The van der Waals surface area contributed by atoms with Gasteiger partial charge >= 0.3 is 0 Å². The molecule has 1 fully saturated rings. The van der Waals surface area contributed by atoms with Crippen molar-refractivity contribution in [1.82, 2.24) is 10.1 Å². The summed E-state index contributed by atoms with van der Waals surface area (Å²) in [5.74, 6) is 1.50. The van der Waals surface area contributed by atoms with Crippen molar-refractivity contribution in [2.75, 3.05) is 13.2 Å². The van der Waals surface area contributed by atoms with E-state index >= 15 is 0 Å². The average Bonchev–Trinajstić information content (AvgIpc) is 2.68. The Balaban J connectivity index is 2.07. The number of hydrogen-bond acceptors (Lipinski definition) is 4. The third-order valence-electron chi connectivity index (χ3n) is 2.32. The molecule has 1 aliphatic heterocycles. The van der Waals surface area contributed by atoms with Crippen molar-refractivity contribution in [3.8, 4) is 0 Å². The van der Waals surface area contributed by atoms with Crippen LogP contribution < -0.4 is 0 Å². The number of ether oxygens (including phenoxy) is 1. The minimum atomic E-state index is -0.222. The largest absolute Gasteiger partial charge is 0.381 e. The van der Waals surface area contributed by atoms with Crippen molar-refractivity contribution >= 4 is 11.6 Å². The Hall–Kier alpha value is -0.610. The summed E-state index contributed by atoms with van der Waals surface area (Å²) in [6.45, 7) is 3.35. The van der Waals surface area contributed by atoms with E-state index < -0.39 is 0 Å². The minimum Gasteiger partial charge on any atom is -0.381 e. The predicted molar refractivity (Wildman–Crippen MR) is 51.4 cm³/mol. The summed E-state index contributed by atoms with van der Waals surface area (Å²) in [6.07, 6.45) is 2.13. The fraction of sp³-hybridized carbons (Fsp3) is 0.778. The number of alkyl halides is 1. The number of halogens is 1. The second-order valence-electron chi connectivity index (χ2n) is 3.52. The highest BCUT2D eigenvalue weighted by atomic mass is 35.5. The summed E-state index contributed by atoms with van der Waals surface area (Å²) in [5.41, 5.74) is 0. The Kier molecular flexibility index (Phi) is 3.03. The number of hydrogen-bond donors (Lipinski definition) is 0. The molecule has 5 heteroatoms. The molecule has 2 unspecified atom stereocenters. The van der Waals surface area contributed by atoms with Gasteiger partial charge in [-0.25, -0.2) is 0 Å². The van der Waals surface area contributed by atoms with Crippen molar-refractivity contribution in [3.63, 3.8) is 0 Å². The minimum absolute atomic E-state index is 0.222. The molecule has 1 aromatic heterocycles. The van der Waals surface area contributed by atoms with Crippen LogP contribution in [0.4, 0.5) is 0 Å². The molecule has 14 heavy (non-hydrogen) atoms. The van der Waals surface area contributed by atoms with Crippen molar-refractivity contribution in [3.05, 3.63) is 11.7 Å². The van der Waals surface area contributed by atoms with E-state index in [-0.39, 0.29) is 11.3 Å². The molecule has 0 radical (unpaired) electrons. The van der Waals surface area contributed by atoms with Gasteiger partial charge < -0.3 is 9.26 Å². The smallest absolute Gasteiger partial charge is 0.244 e. The Morgan fingerprint density at radius 2 is 2.43 bits per heavy atom. The molecule has 0 saturated carbocycles. The van der Waals surface area contributed by atoms with E-state index in [2.05, 4.69) is 10.1 Å². The van der Waals surface area contributed by atoms with E-state index in [0.29, 0.717) is 12.5 Å². The van der Waals surface area contributed by atoms with E-state index in [4.69, 9.17) is 20.9 Å². The molecule has 0 bridgehead atoms. The third kappa shape index (κ3) is 2.07. The normalized spacial score (nSPS) is 24.9. The molecular formula is C9H13ClN2O2.